The van der Waals surface area contributed by atoms with E-state index < -0.39 is 10.8 Å². The van der Waals surface area contributed by atoms with Gasteiger partial charge in [0, 0.05) is 16.4 Å². The van der Waals surface area contributed by atoms with Crippen LogP contribution in [0.2, 0.25) is 0 Å². The number of anilines is 2. The normalized spacial score (nSPS) is 12.3. The van der Waals surface area contributed by atoms with E-state index in [4.69, 9.17) is 4.42 Å². The van der Waals surface area contributed by atoms with Crippen LogP contribution in [0.4, 0.5) is 11.8 Å². The Labute approximate surface area is 141 Å². The zero-order chi connectivity index (χ0) is 18.3. The third kappa shape index (κ3) is 3.72. The summed E-state index contributed by atoms with van der Waals surface area (Å²) in [5.41, 5.74) is -0.0468. The lowest BCUT2D eigenvalue weighted by Gasteiger charge is -2.19. The molecule has 2 aromatic heterocycles. The van der Waals surface area contributed by atoms with Crippen molar-refractivity contribution >= 4 is 34.7 Å². The summed E-state index contributed by atoms with van der Waals surface area (Å²) in [7, 11) is 0. The lowest BCUT2D eigenvalue weighted by atomic mass is 9.95. The zero-order valence-corrected chi connectivity index (χ0v) is 15.2. The van der Waals surface area contributed by atoms with Gasteiger partial charge in [0.1, 0.15) is 5.82 Å². The average molecular weight is 332 g/mol. The second-order valence-electron chi connectivity index (χ2n) is 7.90. The van der Waals surface area contributed by atoms with Crippen molar-refractivity contribution in [1.82, 2.24) is 9.97 Å². The Morgan fingerprint density at radius 2 is 1.50 bits per heavy atom. The van der Waals surface area contributed by atoms with Crippen LogP contribution in [0.15, 0.2) is 10.7 Å². The van der Waals surface area contributed by atoms with E-state index in [1.54, 1.807) is 27.0 Å². The van der Waals surface area contributed by atoms with Gasteiger partial charge < -0.3 is 9.73 Å². The molecule has 0 fully saturated rings. The quantitative estimate of drug-likeness (QED) is 0.877. The number of nitrogens with one attached hydrogen (secondary N) is 2. The number of fused-ring (bicyclic) bond motifs is 1. The monoisotopic (exact) mass is 332 g/mol. The van der Waals surface area contributed by atoms with Gasteiger partial charge in [0.15, 0.2) is 0 Å². The van der Waals surface area contributed by atoms with Crippen LogP contribution in [0.1, 0.15) is 47.1 Å². The minimum Gasteiger partial charge on any atom is -0.446 e. The fourth-order valence-electron chi connectivity index (χ4n) is 1.81. The van der Waals surface area contributed by atoms with E-state index in [1.165, 1.54) is 0 Å². The molecule has 0 unspecified atom stereocenters. The molecule has 0 aliphatic rings. The van der Waals surface area contributed by atoms with Crippen molar-refractivity contribution in [2.75, 3.05) is 10.6 Å². The van der Waals surface area contributed by atoms with Gasteiger partial charge >= 0.3 is 0 Å². The molecule has 0 aliphatic heterocycles. The standard InChI is InChI=1S/C17H24N4O3/c1-9-8-24-12-10(9)11(18-13(22)16(2,3)4)19-15(20-12)21-14(23)17(5,6)7/h8H,1-7H3,(H2,18,19,20,21,22,23). The van der Waals surface area contributed by atoms with Crippen LogP contribution in [0, 0.1) is 17.8 Å². The van der Waals surface area contributed by atoms with Crippen LogP contribution in [-0.2, 0) is 9.59 Å². The average Bonchev–Trinajstić information content (AvgIpc) is 2.78. The first-order chi connectivity index (χ1) is 10.9. The van der Waals surface area contributed by atoms with E-state index >= 15 is 0 Å². The molecule has 0 aliphatic carbocycles. The Balaban J connectivity index is 2.46. The second kappa shape index (κ2) is 5.89. The molecule has 0 atom stereocenters. The van der Waals surface area contributed by atoms with Gasteiger partial charge in [0.05, 0.1) is 11.6 Å². The van der Waals surface area contributed by atoms with Crippen molar-refractivity contribution in [2.45, 2.75) is 48.5 Å². The topological polar surface area (TPSA) is 97.1 Å². The number of carbonyl (C=O) groups is 2. The molecule has 130 valence electrons. The molecule has 0 bridgehead atoms. The predicted octanol–water partition coefficient (Wildman–Crippen LogP) is 3.50. The Morgan fingerprint density at radius 3 is 2.04 bits per heavy atom. The molecule has 0 aromatic carbocycles. The lowest BCUT2D eigenvalue weighted by molar-refractivity contribution is -0.123. The summed E-state index contributed by atoms with van der Waals surface area (Å²) in [6.07, 6.45) is 1.54. The van der Waals surface area contributed by atoms with Gasteiger partial charge in [-0.2, -0.15) is 9.97 Å². The molecule has 2 aromatic rings. The Kier molecular flexibility index (Phi) is 4.39. The molecular weight excluding hydrogens is 308 g/mol. The molecule has 7 nitrogen and oxygen atoms in total. The van der Waals surface area contributed by atoms with Crippen LogP contribution in [0.3, 0.4) is 0 Å². The maximum absolute atomic E-state index is 12.3. The molecular formula is C17H24N4O3. The van der Waals surface area contributed by atoms with Gasteiger partial charge in [0.25, 0.3) is 0 Å². The van der Waals surface area contributed by atoms with Crippen molar-refractivity contribution in [1.29, 1.82) is 0 Å². The molecule has 0 saturated carbocycles. The largest absolute Gasteiger partial charge is 0.446 e. The zero-order valence-electron chi connectivity index (χ0n) is 15.2. The van der Waals surface area contributed by atoms with E-state index in [0.29, 0.717) is 16.9 Å². The molecule has 2 amide bonds. The highest BCUT2D eigenvalue weighted by molar-refractivity contribution is 6.02. The number of amides is 2. The fraction of sp³-hybridized carbons (Fsp3) is 0.529. The number of aromatic nitrogens is 2. The molecule has 0 saturated heterocycles. The first kappa shape index (κ1) is 17.9. The first-order valence-electron chi connectivity index (χ1n) is 7.78. The van der Waals surface area contributed by atoms with E-state index in [1.807, 2.05) is 27.7 Å². The fourth-order valence-corrected chi connectivity index (χ4v) is 1.81. The Hall–Kier alpha value is -2.44. The van der Waals surface area contributed by atoms with Gasteiger partial charge in [-0.3, -0.25) is 14.9 Å². The smallest absolute Gasteiger partial charge is 0.234 e. The summed E-state index contributed by atoms with van der Waals surface area (Å²) in [5.74, 6) is 0.0193. The van der Waals surface area contributed by atoms with Gasteiger partial charge in [0.2, 0.25) is 23.5 Å². The molecule has 2 rings (SSSR count). The van der Waals surface area contributed by atoms with Gasteiger partial charge in [-0.25, -0.2) is 0 Å². The van der Waals surface area contributed by atoms with Crippen molar-refractivity contribution in [2.24, 2.45) is 10.8 Å². The third-order valence-corrected chi connectivity index (χ3v) is 3.44. The van der Waals surface area contributed by atoms with Gasteiger partial charge in [-0.15, -0.1) is 0 Å². The second-order valence-corrected chi connectivity index (χ2v) is 7.90. The molecule has 2 heterocycles. The highest BCUT2D eigenvalue weighted by atomic mass is 16.3. The summed E-state index contributed by atoms with van der Waals surface area (Å²) in [6, 6.07) is 0. The van der Waals surface area contributed by atoms with Crippen LogP contribution >= 0.6 is 0 Å². The highest BCUT2D eigenvalue weighted by Crippen LogP contribution is 2.29. The SMILES string of the molecule is Cc1coc2nc(NC(=O)C(C)(C)C)nc(NC(=O)C(C)(C)C)c12. The Bertz CT molecular complexity index is 794. The Morgan fingerprint density at radius 1 is 0.958 bits per heavy atom. The number of carbonyl (C=O) groups excluding carboxylic acids is 2. The van der Waals surface area contributed by atoms with E-state index in [2.05, 4.69) is 20.6 Å². The number of hydrogen-bond donors (Lipinski definition) is 2. The summed E-state index contributed by atoms with van der Waals surface area (Å²) >= 11 is 0. The minimum absolute atomic E-state index is 0.0981. The molecule has 0 spiro atoms. The van der Waals surface area contributed by atoms with Gasteiger partial charge in [-0.1, -0.05) is 41.5 Å². The van der Waals surface area contributed by atoms with Crippen LogP contribution in [-0.4, -0.2) is 21.8 Å². The lowest BCUT2D eigenvalue weighted by Crippen LogP contribution is -2.30. The minimum atomic E-state index is -0.591. The number of hydrogen-bond acceptors (Lipinski definition) is 5. The van der Waals surface area contributed by atoms with E-state index in [0.717, 1.165) is 5.56 Å². The number of aryl methyl sites for hydroxylation is 1. The van der Waals surface area contributed by atoms with Crippen molar-refractivity contribution in [3.05, 3.63) is 11.8 Å². The van der Waals surface area contributed by atoms with E-state index in [-0.39, 0.29) is 17.8 Å². The summed E-state index contributed by atoms with van der Waals surface area (Å²) < 4.78 is 5.41. The van der Waals surface area contributed by atoms with Gasteiger partial charge in [-0.05, 0) is 6.92 Å². The number of nitrogens with zero attached hydrogens (tertiary/aromatic N) is 2. The molecule has 2 N–H and O–H groups in total. The maximum Gasteiger partial charge on any atom is 0.234 e. The van der Waals surface area contributed by atoms with Crippen molar-refractivity contribution < 1.29 is 14.0 Å². The van der Waals surface area contributed by atoms with Crippen LogP contribution < -0.4 is 10.6 Å². The predicted molar refractivity (Wildman–Crippen MR) is 92.7 cm³/mol. The molecule has 0 radical (unpaired) electrons. The van der Waals surface area contributed by atoms with Crippen LogP contribution in [0.25, 0.3) is 11.1 Å². The number of furan rings is 1. The molecule has 7 heteroatoms. The summed E-state index contributed by atoms with van der Waals surface area (Å²) in [5, 5.41) is 6.09. The highest BCUT2D eigenvalue weighted by Gasteiger charge is 2.26. The van der Waals surface area contributed by atoms with Crippen molar-refractivity contribution in [3.8, 4) is 0 Å². The number of rotatable bonds is 2. The van der Waals surface area contributed by atoms with E-state index in [9.17, 15) is 9.59 Å². The van der Waals surface area contributed by atoms with Crippen molar-refractivity contribution in [3.63, 3.8) is 0 Å². The molecule has 24 heavy (non-hydrogen) atoms. The summed E-state index contributed by atoms with van der Waals surface area (Å²) in [6.45, 7) is 12.7. The maximum atomic E-state index is 12.3. The first-order valence-corrected chi connectivity index (χ1v) is 7.78. The van der Waals surface area contributed by atoms with Crippen LogP contribution in [0.5, 0.6) is 0 Å². The summed E-state index contributed by atoms with van der Waals surface area (Å²) in [4.78, 5) is 33.0. The third-order valence-electron chi connectivity index (χ3n) is 3.44.